The SMILES string of the molecule is OC(CCl)C(O)c1cnc2cn[nH]c2c1. The third-order valence-corrected chi connectivity index (χ3v) is 2.49. The second kappa shape index (κ2) is 4.14. The van der Waals surface area contributed by atoms with Gasteiger partial charge in [0.25, 0.3) is 0 Å². The molecule has 2 heterocycles. The van der Waals surface area contributed by atoms with E-state index >= 15 is 0 Å². The van der Waals surface area contributed by atoms with Gasteiger partial charge in [-0.15, -0.1) is 11.6 Å². The van der Waals surface area contributed by atoms with Crippen LogP contribution >= 0.6 is 11.6 Å². The molecule has 0 aliphatic heterocycles. The van der Waals surface area contributed by atoms with Crippen LogP contribution in [0.4, 0.5) is 0 Å². The number of rotatable bonds is 3. The van der Waals surface area contributed by atoms with E-state index in [1.54, 1.807) is 12.3 Å². The van der Waals surface area contributed by atoms with Gasteiger partial charge in [0, 0.05) is 11.8 Å². The van der Waals surface area contributed by atoms with Gasteiger partial charge in [-0.3, -0.25) is 10.1 Å². The molecule has 2 unspecified atom stereocenters. The molecular weight excluding hydrogens is 218 g/mol. The zero-order chi connectivity index (χ0) is 10.8. The number of alkyl halides is 1. The van der Waals surface area contributed by atoms with Crippen molar-refractivity contribution >= 4 is 22.6 Å². The van der Waals surface area contributed by atoms with Gasteiger partial charge in [-0.25, -0.2) is 0 Å². The Labute approximate surface area is 90.7 Å². The van der Waals surface area contributed by atoms with Gasteiger partial charge < -0.3 is 10.2 Å². The van der Waals surface area contributed by atoms with Gasteiger partial charge >= 0.3 is 0 Å². The van der Waals surface area contributed by atoms with Crippen LogP contribution in [0.5, 0.6) is 0 Å². The second-order valence-electron chi connectivity index (χ2n) is 3.24. The van der Waals surface area contributed by atoms with Gasteiger partial charge in [0.1, 0.15) is 11.6 Å². The summed E-state index contributed by atoms with van der Waals surface area (Å²) in [6.45, 7) is 0. The number of hydrogen-bond donors (Lipinski definition) is 3. The molecule has 0 radical (unpaired) electrons. The molecule has 0 aromatic carbocycles. The van der Waals surface area contributed by atoms with Crippen molar-refractivity contribution in [3.05, 3.63) is 24.0 Å². The maximum absolute atomic E-state index is 9.68. The van der Waals surface area contributed by atoms with Crippen molar-refractivity contribution in [1.82, 2.24) is 15.2 Å². The molecule has 2 aromatic heterocycles. The van der Waals surface area contributed by atoms with Crippen LogP contribution in [-0.4, -0.2) is 37.4 Å². The van der Waals surface area contributed by atoms with Crippen molar-refractivity contribution in [2.45, 2.75) is 12.2 Å². The largest absolute Gasteiger partial charge is 0.389 e. The molecule has 2 rings (SSSR count). The Kier molecular flexibility index (Phi) is 2.86. The zero-order valence-corrected chi connectivity index (χ0v) is 8.52. The lowest BCUT2D eigenvalue weighted by Gasteiger charge is -2.14. The number of hydrogen-bond acceptors (Lipinski definition) is 4. The first-order chi connectivity index (χ1) is 7.22. The average Bonchev–Trinajstić information content (AvgIpc) is 2.73. The van der Waals surface area contributed by atoms with Crippen molar-refractivity contribution in [3.8, 4) is 0 Å². The highest BCUT2D eigenvalue weighted by Crippen LogP contribution is 2.19. The first-order valence-electron chi connectivity index (χ1n) is 4.43. The lowest BCUT2D eigenvalue weighted by molar-refractivity contribution is 0.0326. The van der Waals surface area contributed by atoms with Crippen molar-refractivity contribution < 1.29 is 10.2 Å². The molecular formula is C9H10ClN3O2. The Morgan fingerprint density at radius 2 is 2.20 bits per heavy atom. The summed E-state index contributed by atoms with van der Waals surface area (Å²) in [5.74, 6) is -0.0256. The third kappa shape index (κ3) is 1.94. The maximum Gasteiger partial charge on any atom is 0.108 e. The lowest BCUT2D eigenvalue weighted by atomic mass is 10.1. The van der Waals surface area contributed by atoms with Crippen LogP contribution in [-0.2, 0) is 0 Å². The Hall–Kier alpha value is -1.17. The summed E-state index contributed by atoms with van der Waals surface area (Å²) in [4.78, 5) is 4.07. The van der Waals surface area contributed by atoms with Crippen LogP contribution in [0.25, 0.3) is 11.0 Å². The van der Waals surface area contributed by atoms with Gasteiger partial charge in [0.2, 0.25) is 0 Å². The number of nitrogens with one attached hydrogen (secondary N) is 1. The molecule has 0 saturated heterocycles. The first-order valence-corrected chi connectivity index (χ1v) is 4.97. The van der Waals surface area contributed by atoms with E-state index in [-0.39, 0.29) is 5.88 Å². The Morgan fingerprint density at radius 1 is 1.40 bits per heavy atom. The molecule has 5 nitrogen and oxygen atoms in total. The molecule has 0 saturated carbocycles. The molecule has 0 bridgehead atoms. The molecule has 80 valence electrons. The fourth-order valence-electron chi connectivity index (χ4n) is 1.32. The number of fused-ring (bicyclic) bond motifs is 1. The molecule has 15 heavy (non-hydrogen) atoms. The van der Waals surface area contributed by atoms with Crippen molar-refractivity contribution in [2.75, 3.05) is 5.88 Å². The normalized spacial score (nSPS) is 15.4. The van der Waals surface area contributed by atoms with Gasteiger partial charge in [0.15, 0.2) is 0 Å². The Morgan fingerprint density at radius 3 is 2.93 bits per heavy atom. The van der Waals surface area contributed by atoms with E-state index in [1.165, 1.54) is 6.20 Å². The fourth-order valence-corrected chi connectivity index (χ4v) is 1.48. The van der Waals surface area contributed by atoms with E-state index in [1.807, 2.05) is 0 Å². The topological polar surface area (TPSA) is 82.0 Å². The second-order valence-corrected chi connectivity index (χ2v) is 3.55. The van der Waals surface area contributed by atoms with Crippen molar-refractivity contribution in [3.63, 3.8) is 0 Å². The van der Waals surface area contributed by atoms with E-state index < -0.39 is 12.2 Å². The summed E-state index contributed by atoms with van der Waals surface area (Å²) in [5.41, 5.74) is 1.94. The summed E-state index contributed by atoms with van der Waals surface area (Å²) in [5, 5.41) is 25.6. The van der Waals surface area contributed by atoms with Gasteiger partial charge in [-0.1, -0.05) is 0 Å². The fraction of sp³-hybridized carbons (Fsp3) is 0.333. The minimum Gasteiger partial charge on any atom is -0.389 e. The maximum atomic E-state index is 9.68. The number of halogens is 1. The summed E-state index contributed by atoms with van der Waals surface area (Å²) < 4.78 is 0. The number of H-pyrrole nitrogens is 1. The molecule has 2 aromatic rings. The Balaban J connectivity index is 2.35. The summed E-state index contributed by atoms with van der Waals surface area (Å²) in [6.07, 6.45) is 1.07. The summed E-state index contributed by atoms with van der Waals surface area (Å²) in [6, 6.07) is 1.69. The van der Waals surface area contributed by atoms with Crippen LogP contribution in [0.15, 0.2) is 18.5 Å². The van der Waals surface area contributed by atoms with Gasteiger partial charge in [0.05, 0.1) is 23.7 Å². The quantitative estimate of drug-likeness (QED) is 0.671. The van der Waals surface area contributed by atoms with Crippen molar-refractivity contribution in [1.29, 1.82) is 0 Å². The van der Waals surface area contributed by atoms with E-state index in [2.05, 4.69) is 15.2 Å². The highest BCUT2D eigenvalue weighted by molar-refractivity contribution is 6.18. The highest BCUT2D eigenvalue weighted by atomic mass is 35.5. The number of aliphatic hydroxyl groups excluding tert-OH is 2. The summed E-state index contributed by atoms with van der Waals surface area (Å²) in [7, 11) is 0. The summed E-state index contributed by atoms with van der Waals surface area (Å²) >= 11 is 5.44. The monoisotopic (exact) mass is 227 g/mol. The number of aromatic amines is 1. The Bertz CT molecular complexity index is 459. The number of nitrogens with zero attached hydrogens (tertiary/aromatic N) is 2. The number of aliphatic hydroxyl groups is 2. The smallest absolute Gasteiger partial charge is 0.108 e. The van der Waals surface area contributed by atoms with Gasteiger partial charge in [-0.05, 0) is 6.07 Å². The molecule has 0 aliphatic rings. The molecule has 0 aliphatic carbocycles. The zero-order valence-electron chi connectivity index (χ0n) is 7.76. The molecule has 0 fully saturated rings. The highest BCUT2D eigenvalue weighted by Gasteiger charge is 2.18. The minimum absolute atomic E-state index is 0.0256. The standard InChI is InChI=1S/C9H10ClN3O2/c10-2-8(14)9(15)5-1-6-7(11-3-5)4-12-13-6/h1,3-4,8-9,14-15H,2H2,(H,12,13). The van der Waals surface area contributed by atoms with Crippen LogP contribution in [0, 0.1) is 0 Å². The third-order valence-electron chi connectivity index (χ3n) is 2.18. The number of pyridine rings is 1. The van der Waals surface area contributed by atoms with E-state index in [0.717, 1.165) is 0 Å². The average molecular weight is 228 g/mol. The van der Waals surface area contributed by atoms with Crippen molar-refractivity contribution in [2.24, 2.45) is 0 Å². The van der Waals surface area contributed by atoms with E-state index in [0.29, 0.717) is 16.6 Å². The molecule has 0 amide bonds. The molecule has 2 atom stereocenters. The van der Waals surface area contributed by atoms with Crippen LogP contribution in [0.2, 0.25) is 0 Å². The first kappa shape index (κ1) is 10.4. The van der Waals surface area contributed by atoms with E-state index in [9.17, 15) is 10.2 Å². The molecule has 0 spiro atoms. The molecule has 6 heteroatoms. The van der Waals surface area contributed by atoms with Crippen LogP contribution < -0.4 is 0 Å². The number of aromatic nitrogens is 3. The van der Waals surface area contributed by atoms with Crippen LogP contribution in [0.3, 0.4) is 0 Å². The minimum atomic E-state index is -1.03. The van der Waals surface area contributed by atoms with Gasteiger partial charge in [-0.2, -0.15) is 5.10 Å². The van der Waals surface area contributed by atoms with E-state index in [4.69, 9.17) is 11.6 Å². The molecule has 3 N–H and O–H groups in total. The predicted molar refractivity (Wildman–Crippen MR) is 55.6 cm³/mol. The lowest BCUT2D eigenvalue weighted by Crippen LogP contribution is -2.19. The predicted octanol–water partition coefficient (Wildman–Crippen LogP) is 0.591. The van der Waals surface area contributed by atoms with Crippen LogP contribution in [0.1, 0.15) is 11.7 Å².